The molecule has 0 atom stereocenters. The van der Waals surface area contributed by atoms with Crippen LogP contribution in [0.5, 0.6) is 5.75 Å². The number of phenols is 1. The van der Waals surface area contributed by atoms with Crippen molar-refractivity contribution in [2.24, 2.45) is 0 Å². The number of carbonyl (C=O) groups is 1. The lowest BCUT2D eigenvalue weighted by Crippen LogP contribution is -2.13. The van der Waals surface area contributed by atoms with Gasteiger partial charge in [0, 0.05) is 13.7 Å². The van der Waals surface area contributed by atoms with Crippen LogP contribution in [0.1, 0.15) is 22.8 Å². The number of anilines is 1. The second kappa shape index (κ2) is 6.58. The number of amides is 1. The zero-order valence-corrected chi connectivity index (χ0v) is 14.5. The van der Waals surface area contributed by atoms with E-state index >= 15 is 0 Å². The minimum Gasteiger partial charge on any atom is -0.507 e. The second-order valence-electron chi connectivity index (χ2n) is 4.27. The Hall–Kier alpha value is -1.08. The summed E-state index contributed by atoms with van der Waals surface area (Å²) in [5.41, 5.74) is 2.08. The maximum Gasteiger partial charge on any atom is 0.259 e. The van der Waals surface area contributed by atoms with Gasteiger partial charge in [0.2, 0.25) is 0 Å². The molecule has 104 valence electrons. The molecule has 2 aromatic rings. The van der Waals surface area contributed by atoms with Crippen molar-refractivity contribution in [2.45, 2.75) is 13.3 Å². The number of aromatic hydroxyl groups is 1. The van der Waals surface area contributed by atoms with Crippen LogP contribution in [0.25, 0.3) is 0 Å². The highest BCUT2D eigenvalue weighted by molar-refractivity contribution is 14.1. The number of aryl methyl sites for hydroxylation is 1. The average Bonchev–Trinajstić information content (AvgIpc) is 2.43. The zero-order valence-electron chi connectivity index (χ0n) is 10.8. The van der Waals surface area contributed by atoms with E-state index in [-0.39, 0.29) is 17.2 Å². The number of hydrogen-bond donors (Lipinski definition) is 2. The van der Waals surface area contributed by atoms with Crippen molar-refractivity contribution in [3.63, 3.8) is 0 Å². The summed E-state index contributed by atoms with van der Waals surface area (Å²) < 4.78 is 1.88. The maximum atomic E-state index is 12.3. The van der Waals surface area contributed by atoms with Gasteiger partial charge in [-0.05, 0) is 71.0 Å². The van der Waals surface area contributed by atoms with Crippen LogP contribution in [-0.2, 0) is 6.42 Å². The number of nitrogens with one attached hydrogen (secondary N) is 1. The fourth-order valence-corrected chi connectivity index (χ4v) is 2.76. The molecule has 0 aromatic heterocycles. The van der Waals surface area contributed by atoms with Crippen LogP contribution in [0.4, 0.5) is 5.69 Å². The summed E-state index contributed by atoms with van der Waals surface area (Å²) in [5, 5.41) is 12.6. The highest BCUT2D eigenvalue weighted by Crippen LogP contribution is 2.24. The fourth-order valence-electron chi connectivity index (χ4n) is 1.86. The fraction of sp³-hybridized carbons (Fsp3) is 0.133. The number of carbonyl (C=O) groups excluding carboxylic acids is 1. The number of hydrogen-bond acceptors (Lipinski definition) is 2. The van der Waals surface area contributed by atoms with E-state index < -0.39 is 0 Å². The van der Waals surface area contributed by atoms with Crippen molar-refractivity contribution in [3.05, 3.63) is 55.6 Å². The van der Waals surface area contributed by atoms with E-state index in [1.807, 2.05) is 25.1 Å². The SMILES string of the molecule is CCc1cc(Br)ccc1NC(=O)c1cc(I)ccc1O. The Morgan fingerprint density at radius 2 is 2.05 bits per heavy atom. The molecule has 0 aliphatic heterocycles. The third kappa shape index (κ3) is 3.52. The molecular weight excluding hydrogens is 433 g/mol. The van der Waals surface area contributed by atoms with E-state index in [9.17, 15) is 9.90 Å². The largest absolute Gasteiger partial charge is 0.507 e. The molecule has 0 heterocycles. The molecule has 2 aromatic carbocycles. The molecule has 0 bridgehead atoms. The molecule has 3 nitrogen and oxygen atoms in total. The normalized spacial score (nSPS) is 10.3. The Morgan fingerprint density at radius 1 is 1.30 bits per heavy atom. The first-order chi connectivity index (χ1) is 9.51. The highest BCUT2D eigenvalue weighted by atomic mass is 127. The molecule has 0 unspecified atom stereocenters. The minimum absolute atomic E-state index is 0.0157. The van der Waals surface area contributed by atoms with Gasteiger partial charge in [-0.2, -0.15) is 0 Å². The van der Waals surface area contributed by atoms with Gasteiger partial charge in [-0.25, -0.2) is 0 Å². The first-order valence-corrected chi connectivity index (χ1v) is 7.96. The summed E-state index contributed by atoms with van der Waals surface area (Å²) >= 11 is 5.52. The first-order valence-electron chi connectivity index (χ1n) is 6.09. The van der Waals surface area contributed by atoms with Crippen molar-refractivity contribution >= 4 is 50.1 Å². The van der Waals surface area contributed by atoms with Crippen LogP contribution in [0.2, 0.25) is 0 Å². The van der Waals surface area contributed by atoms with Gasteiger partial charge in [0.15, 0.2) is 0 Å². The van der Waals surface area contributed by atoms with Crippen LogP contribution in [0.3, 0.4) is 0 Å². The molecule has 5 heteroatoms. The molecule has 1 amide bonds. The average molecular weight is 446 g/mol. The van der Waals surface area contributed by atoms with Crippen molar-refractivity contribution in [1.29, 1.82) is 0 Å². The van der Waals surface area contributed by atoms with E-state index in [1.54, 1.807) is 12.1 Å². The summed E-state index contributed by atoms with van der Waals surface area (Å²) in [5.74, 6) is -0.323. The van der Waals surface area contributed by atoms with E-state index in [2.05, 4.69) is 43.8 Å². The topological polar surface area (TPSA) is 49.3 Å². The molecule has 2 N–H and O–H groups in total. The van der Waals surface area contributed by atoms with Crippen LogP contribution in [-0.4, -0.2) is 11.0 Å². The van der Waals surface area contributed by atoms with Crippen LogP contribution >= 0.6 is 38.5 Å². The van der Waals surface area contributed by atoms with E-state index in [4.69, 9.17) is 0 Å². The quantitative estimate of drug-likeness (QED) is 0.679. The molecule has 0 saturated carbocycles. The molecule has 20 heavy (non-hydrogen) atoms. The number of halogens is 2. The number of rotatable bonds is 3. The van der Waals surface area contributed by atoms with E-state index in [0.717, 1.165) is 25.7 Å². The van der Waals surface area contributed by atoms with Gasteiger partial charge in [-0.3, -0.25) is 4.79 Å². The van der Waals surface area contributed by atoms with E-state index in [0.29, 0.717) is 0 Å². The van der Waals surface area contributed by atoms with Crippen molar-refractivity contribution < 1.29 is 9.90 Å². The standard InChI is InChI=1S/C15H13BrINO2/c1-2-9-7-10(16)3-5-13(9)18-15(20)12-8-11(17)4-6-14(12)19/h3-8,19H,2H2,1H3,(H,18,20). The third-order valence-electron chi connectivity index (χ3n) is 2.90. The van der Waals surface area contributed by atoms with Crippen molar-refractivity contribution in [1.82, 2.24) is 0 Å². The van der Waals surface area contributed by atoms with Gasteiger partial charge in [-0.15, -0.1) is 0 Å². The van der Waals surface area contributed by atoms with Crippen LogP contribution in [0, 0.1) is 3.57 Å². The molecular formula is C15H13BrINO2. The monoisotopic (exact) mass is 445 g/mol. The van der Waals surface area contributed by atoms with Crippen molar-refractivity contribution in [2.75, 3.05) is 5.32 Å². The van der Waals surface area contributed by atoms with Gasteiger partial charge in [-0.1, -0.05) is 22.9 Å². The predicted molar refractivity (Wildman–Crippen MR) is 92.3 cm³/mol. The molecule has 0 aliphatic rings. The predicted octanol–water partition coefficient (Wildman–Crippen LogP) is 4.57. The Bertz CT molecular complexity index is 658. The summed E-state index contributed by atoms with van der Waals surface area (Å²) in [7, 11) is 0. The summed E-state index contributed by atoms with van der Waals surface area (Å²) in [6.45, 7) is 2.03. The summed E-state index contributed by atoms with van der Waals surface area (Å²) in [4.78, 5) is 12.3. The lowest BCUT2D eigenvalue weighted by molar-refractivity contribution is 0.102. The number of phenolic OH excluding ortho intramolecular Hbond substituents is 1. The number of benzene rings is 2. The minimum atomic E-state index is -0.307. The summed E-state index contributed by atoms with van der Waals surface area (Å²) in [6.07, 6.45) is 0.813. The molecule has 0 spiro atoms. The summed E-state index contributed by atoms with van der Waals surface area (Å²) in [6, 6.07) is 10.7. The van der Waals surface area contributed by atoms with Gasteiger partial charge in [0.25, 0.3) is 5.91 Å². The van der Waals surface area contributed by atoms with Gasteiger partial charge in [0.1, 0.15) is 5.75 Å². The smallest absolute Gasteiger partial charge is 0.259 e. The van der Waals surface area contributed by atoms with Gasteiger partial charge in [0.05, 0.1) is 5.56 Å². The van der Waals surface area contributed by atoms with E-state index in [1.165, 1.54) is 6.07 Å². The Kier molecular flexibility index (Phi) is 5.04. The molecule has 0 radical (unpaired) electrons. The second-order valence-corrected chi connectivity index (χ2v) is 6.43. The molecule has 2 rings (SSSR count). The van der Waals surface area contributed by atoms with Crippen LogP contribution < -0.4 is 5.32 Å². The van der Waals surface area contributed by atoms with Gasteiger partial charge < -0.3 is 10.4 Å². The third-order valence-corrected chi connectivity index (χ3v) is 4.06. The highest BCUT2D eigenvalue weighted by Gasteiger charge is 2.13. The zero-order chi connectivity index (χ0) is 14.7. The Morgan fingerprint density at radius 3 is 2.75 bits per heavy atom. The molecule has 0 fully saturated rings. The lowest BCUT2D eigenvalue weighted by atomic mass is 10.1. The first kappa shape index (κ1) is 15.3. The molecule has 0 aliphatic carbocycles. The Balaban J connectivity index is 2.30. The van der Waals surface area contributed by atoms with Gasteiger partial charge >= 0.3 is 0 Å². The maximum absolute atomic E-state index is 12.3. The van der Waals surface area contributed by atoms with Crippen molar-refractivity contribution in [3.8, 4) is 5.75 Å². The Labute approximate surface area is 139 Å². The van der Waals surface area contributed by atoms with Crippen LogP contribution in [0.15, 0.2) is 40.9 Å². The lowest BCUT2D eigenvalue weighted by Gasteiger charge is -2.11. The molecule has 0 saturated heterocycles.